The van der Waals surface area contributed by atoms with Crippen LogP contribution in [0.2, 0.25) is 0 Å². The van der Waals surface area contributed by atoms with Crippen LogP contribution < -0.4 is 9.47 Å². The van der Waals surface area contributed by atoms with Crippen LogP contribution in [-0.2, 0) is 33.9 Å². The van der Waals surface area contributed by atoms with Crippen LogP contribution in [0.5, 0.6) is 11.5 Å². The molecule has 1 aromatic heterocycles. The molecule has 0 saturated heterocycles. The van der Waals surface area contributed by atoms with E-state index < -0.39 is 12.1 Å². The first-order valence-corrected chi connectivity index (χ1v) is 13.3. The van der Waals surface area contributed by atoms with Gasteiger partial charge < -0.3 is 19.1 Å². The Hall–Kier alpha value is -3.71. The summed E-state index contributed by atoms with van der Waals surface area (Å²) < 4.78 is 18.3. The molecule has 0 radical (unpaired) electrons. The van der Waals surface area contributed by atoms with Gasteiger partial charge in [0.25, 0.3) is 5.91 Å². The summed E-state index contributed by atoms with van der Waals surface area (Å²) in [6.07, 6.45) is 7.23. The fourth-order valence-corrected chi connectivity index (χ4v) is 5.44. The molecule has 7 heteroatoms. The Morgan fingerprint density at radius 1 is 1.03 bits per heavy atom. The number of benzene rings is 2. The number of pyridine rings is 1. The second-order valence-corrected chi connectivity index (χ2v) is 10.0. The summed E-state index contributed by atoms with van der Waals surface area (Å²) in [6, 6.07) is 16.6. The van der Waals surface area contributed by atoms with E-state index in [1.54, 1.807) is 31.3 Å². The first-order chi connectivity index (χ1) is 18.5. The highest BCUT2D eigenvalue weighted by atomic mass is 16.5. The molecule has 5 rings (SSSR count). The fraction of sp³-hybridized carbons (Fsp3) is 0.387. The summed E-state index contributed by atoms with van der Waals surface area (Å²) in [5.74, 6) is 0.970. The molecular weight excluding hydrogens is 480 g/mol. The summed E-state index contributed by atoms with van der Waals surface area (Å²) in [5, 5.41) is 0. The number of rotatable bonds is 9. The molecular formula is C31H34N2O5. The standard InChI is InChI=1S/C31H34N2O5/c1-21(34)27-18-26-24(12-13-28(36-2)30(26)37-20-22-14-16-32-17-15-22)19-33(27)31(35)29(23-8-4-3-5-9-23)38-25-10-6-7-11-25/h3-5,8-9,12-17,25,27,29H,6-7,10-11,18-20H2,1-2H3/t27-,29+/m0/s1. The summed E-state index contributed by atoms with van der Waals surface area (Å²) in [4.78, 5) is 32.8. The molecule has 1 saturated carbocycles. The van der Waals surface area contributed by atoms with E-state index in [-0.39, 0.29) is 17.8 Å². The minimum absolute atomic E-state index is 0.0504. The average molecular weight is 515 g/mol. The summed E-state index contributed by atoms with van der Waals surface area (Å²) >= 11 is 0. The lowest BCUT2D eigenvalue weighted by atomic mass is 9.90. The van der Waals surface area contributed by atoms with Gasteiger partial charge in [0, 0.05) is 30.9 Å². The number of aromatic nitrogens is 1. The highest BCUT2D eigenvalue weighted by Gasteiger charge is 2.39. The van der Waals surface area contributed by atoms with Crippen LogP contribution in [0.15, 0.2) is 67.0 Å². The molecule has 0 unspecified atom stereocenters. The quantitative estimate of drug-likeness (QED) is 0.390. The smallest absolute Gasteiger partial charge is 0.257 e. The van der Waals surface area contributed by atoms with Crippen LogP contribution in [0.3, 0.4) is 0 Å². The summed E-state index contributed by atoms with van der Waals surface area (Å²) in [7, 11) is 1.60. The third kappa shape index (κ3) is 5.58. The molecule has 198 valence electrons. The molecule has 0 spiro atoms. The van der Waals surface area contributed by atoms with Gasteiger partial charge in [-0.2, -0.15) is 0 Å². The Morgan fingerprint density at radius 2 is 1.76 bits per heavy atom. The first kappa shape index (κ1) is 25.9. The number of carbonyl (C=O) groups is 2. The molecule has 7 nitrogen and oxygen atoms in total. The second kappa shape index (κ2) is 11.8. The fourth-order valence-electron chi connectivity index (χ4n) is 5.44. The number of fused-ring (bicyclic) bond motifs is 1. The zero-order valence-electron chi connectivity index (χ0n) is 22.0. The van der Waals surface area contributed by atoms with E-state index in [0.717, 1.165) is 47.9 Å². The van der Waals surface area contributed by atoms with Crippen LogP contribution in [0.1, 0.15) is 61.0 Å². The molecule has 3 aromatic rings. The molecule has 1 fully saturated rings. The topological polar surface area (TPSA) is 78.0 Å². The number of nitrogens with zero attached hydrogens (tertiary/aromatic N) is 2. The van der Waals surface area contributed by atoms with Gasteiger partial charge in [-0.1, -0.05) is 49.2 Å². The third-order valence-electron chi connectivity index (χ3n) is 7.50. The molecule has 1 amide bonds. The van der Waals surface area contributed by atoms with Crippen LogP contribution in [0.4, 0.5) is 0 Å². The second-order valence-electron chi connectivity index (χ2n) is 10.0. The number of amides is 1. The van der Waals surface area contributed by atoms with Gasteiger partial charge in [-0.15, -0.1) is 0 Å². The maximum Gasteiger partial charge on any atom is 0.257 e. The third-order valence-corrected chi connectivity index (χ3v) is 7.50. The first-order valence-electron chi connectivity index (χ1n) is 13.3. The van der Waals surface area contributed by atoms with E-state index >= 15 is 0 Å². The average Bonchev–Trinajstić information content (AvgIpc) is 3.48. The van der Waals surface area contributed by atoms with Crippen molar-refractivity contribution in [2.75, 3.05) is 7.11 Å². The maximum atomic E-state index is 14.1. The van der Waals surface area contributed by atoms with E-state index in [1.165, 1.54) is 0 Å². The highest BCUT2D eigenvalue weighted by molar-refractivity contribution is 5.91. The van der Waals surface area contributed by atoms with Crippen molar-refractivity contribution in [1.29, 1.82) is 0 Å². The van der Waals surface area contributed by atoms with Crippen molar-refractivity contribution in [3.63, 3.8) is 0 Å². The SMILES string of the molecule is COc1ccc2c(c1OCc1ccncc1)C[C@@H](C(C)=O)N(C(=O)[C@H](OC1CCCC1)c1ccccc1)C2. The minimum Gasteiger partial charge on any atom is -0.493 e. The number of Topliss-reactive ketones (excluding diaryl/α,β-unsaturated/α-hetero) is 1. The lowest BCUT2D eigenvalue weighted by molar-refractivity contribution is -0.154. The monoisotopic (exact) mass is 514 g/mol. The van der Waals surface area contributed by atoms with Crippen molar-refractivity contribution in [2.24, 2.45) is 0 Å². The molecule has 1 aliphatic heterocycles. The van der Waals surface area contributed by atoms with Crippen molar-refractivity contribution < 1.29 is 23.8 Å². The van der Waals surface area contributed by atoms with Crippen LogP contribution in [0.25, 0.3) is 0 Å². The number of carbonyl (C=O) groups excluding carboxylic acids is 2. The van der Waals surface area contributed by atoms with Crippen LogP contribution >= 0.6 is 0 Å². The Kier molecular flexibility index (Phi) is 8.03. The van der Waals surface area contributed by atoms with Crippen molar-refractivity contribution in [3.05, 3.63) is 89.2 Å². The van der Waals surface area contributed by atoms with E-state index in [9.17, 15) is 9.59 Å². The molecule has 38 heavy (non-hydrogen) atoms. The van der Waals surface area contributed by atoms with Crippen LogP contribution in [-0.4, -0.2) is 40.8 Å². The van der Waals surface area contributed by atoms with Crippen molar-refractivity contribution >= 4 is 11.7 Å². The highest BCUT2D eigenvalue weighted by Crippen LogP contribution is 2.40. The van der Waals surface area contributed by atoms with E-state index in [0.29, 0.717) is 31.1 Å². The molecule has 2 heterocycles. The lowest BCUT2D eigenvalue weighted by Gasteiger charge is -2.38. The van der Waals surface area contributed by atoms with Gasteiger partial charge in [0.1, 0.15) is 6.61 Å². The Bertz CT molecular complexity index is 1260. The van der Waals surface area contributed by atoms with Gasteiger partial charge in [-0.3, -0.25) is 14.6 Å². The summed E-state index contributed by atoms with van der Waals surface area (Å²) in [5.41, 5.74) is 3.63. The Morgan fingerprint density at radius 3 is 2.45 bits per heavy atom. The van der Waals surface area contributed by atoms with Gasteiger partial charge >= 0.3 is 0 Å². The van der Waals surface area contributed by atoms with Crippen molar-refractivity contribution in [1.82, 2.24) is 9.88 Å². The zero-order chi connectivity index (χ0) is 26.5. The predicted octanol–water partition coefficient (Wildman–Crippen LogP) is 5.21. The lowest BCUT2D eigenvalue weighted by Crippen LogP contribution is -2.50. The van der Waals surface area contributed by atoms with E-state index in [4.69, 9.17) is 14.2 Å². The van der Waals surface area contributed by atoms with Gasteiger partial charge in [-0.25, -0.2) is 0 Å². The normalized spacial score (nSPS) is 18.1. The van der Waals surface area contributed by atoms with Crippen molar-refractivity contribution in [3.8, 4) is 11.5 Å². The van der Waals surface area contributed by atoms with Gasteiger partial charge in [-0.05, 0) is 54.7 Å². The molecule has 1 aliphatic carbocycles. The number of ether oxygens (including phenoxy) is 3. The summed E-state index contributed by atoms with van der Waals surface area (Å²) in [6.45, 7) is 2.18. The zero-order valence-corrected chi connectivity index (χ0v) is 22.0. The Labute approximate surface area is 223 Å². The molecule has 0 N–H and O–H groups in total. The molecule has 0 bridgehead atoms. The van der Waals surface area contributed by atoms with Crippen LogP contribution in [0, 0.1) is 0 Å². The number of ketones is 1. The molecule has 2 aromatic carbocycles. The van der Waals surface area contributed by atoms with E-state index in [1.807, 2.05) is 54.6 Å². The van der Waals surface area contributed by atoms with Gasteiger partial charge in [0.15, 0.2) is 23.4 Å². The Balaban J connectivity index is 1.46. The predicted molar refractivity (Wildman–Crippen MR) is 143 cm³/mol. The maximum absolute atomic E-state index is 14.1. The number of hydrogen-bond acceptors (Lipinski definition) is 6. The largest absolute Gasteiger partial charge is 0.493 e. The molecule has 2 aliphatic rings. The number of hydrogen-bond donors (Lipinski definition) is 0. The molecule has 2 atom stereocenters. The van der Waals surface area contributed by atoms with Crippen molar-refractivity contribution in [2.45, 2.75) is 70.4 Å². The minimum atomic E-state index is -0.747. The number of methoxy groups -OCH3 is 1. The van der Waals surface area contributed by atoms with Gasteiger partial charge in [0.05, 0.1) is 19.3 Å². The van der Waals surface area contributed by atoms with Gasteiger partial charge in [0.2, 0.25) is 0 Å². The van der Waals surface area contributed by atoms with E-state index in [2.05, 4.69) is 4.98 Å².